The minimum Gasteiger partial charge on any atom is -0.349 e. The summed E-state index contributed by atoms with van der Waals surface area (Å²) >= 11 is 0. The van der Waals surface area contributed by atoms with Crippen molar-refractivity contribution in [3.05, 3.63) is 42.5 Å². The van der Waals surface area contributed by atoms with Crippen LogP contribution < -0.4 is 10.6 Å². The molecule has 1 aromatic carbocycles. The summed E-state index contributed by atoms with van der Waals surface area (Å²) < 4.78 is 1.70. The number of halogens is 1. The molecule has 7 heteroatoms. The lowest BCUT2D eigenvalue weighted by Crippen LogP contribution is -2.35. The second-order valence-electron chi connectivity index (χ2n) is 5.12. The van der Waals surface area contributed by atoms with Crippen LogP contribution in [0.1, 0.15) is 25.5 Å². The predicted molar refractivity (Wildman–Crippen MR) is 88.3 cm³/mol. The normalized spacial score (nSPS) is 13.0. The van der Waals surface area contributed by atoms with Gasteiger partial charge in [0.2, 0.25) is 5.91 Å². The molecule has 0 saturated heterocycles. The van der Waals surface area contributed by atoms with Crippen LogP contribution in [0.3, 0.4) is 0 Å². The molecule has 6 nitrogen and oxygen atoms in total. The molecular weight excluding hydrogens is 302 g/mol. The quantitative estimate of drug-likeness (QED) is 0.849. The lowest BCUT2D eigenvalue weighted by molar-refractivity contribution is -0.125. The van der Waals surface area contributed by atoms with Crippen LogP contribution in [0.4, 0.5) is 0 Å². The Hall–Kier alpha value is -1.92. The first kappa shape index (κ1) is 18.1. The Morgan fingerprint density at radius 2 is 1.95 bits per heavy atom. The van der Waals surface area contributed by atoms with Crippen molar-refractivity contribution in [2.24, 2.45) is 5.92 Å². The van der Waals surface area contributed by atoms with Gasteiger partial charge >= 0.3 is 0 Å². The number of hydrogen-bond donors (Lipinski definition) is 2. The van der Waals surface area contributed by atoms with Crippen molar-refractivity contribution in [3.8, 4) is 5.69 Å². The van der Waals surface area contributed by atoms with Crippen LogP contribution in [-0.2, 0) is 4.79 Å². The largest absolute Gasteiger partial charge is 0.349 e. The van der Waals surface area contributed by atoms with Crippen LogP contribution in [0.5, 0.6) is 0 Å². The molecule has 0 saturated carbocycles. The van der Waals surface area contributed by atoms with Crippen molar-refractivity contribution in [1.29, 1.82) is 0 Å². The number of rotatable bonds is 6. The zero-order chi connectivity index (χ0) is 15.2. The summed E-state index contributed by atoms with van der Waals surface area (Å²) in [5, 5.41) is 10.1. The fourth-order valence-electron chi connectivity index (χ4n) is 2.10. The molecule has 2 N–H and O–H groups in total. The fraction of sp³-hybridized carbons (Fsp3) is 0.400. The van der Waals surface area contributed by atoms with Crippen molar-refractivity contribution in [2.75, 3.05) is 13.6 Å². The minimum absolute atomic E-state index is 0. The molecule has 0 bridgehead atoms. The van der Waals surface area contributed by atoms with Crippen molar-refractivity contribution >= 4 is 18.3 Å². The zero-order valence-electron chi connectivity index (χ0n) is 13.0. The van der Waals surface area contributed by atoms with Gasteiger partial charge in [-0.3, -0.25) is 4.79 Å². The SMILES string of the molecule is CNCC(C)C(=O)NC(C)c1ccc(-n2cncn2)cc1.Cl. The predicted octanol–water partition coefficient (Wildman–Crippen LogP) is 1.72. The maximum absolute atomic E-state index is 12.0. The number of aromatic nitrogens is 3. The molecule has 0 aliphatic carbocycles. The average Bonchev–Trinajstić information content (AvgIpc) is 3.01. The monoisotopic (exact) mass is 323 g/mol. The second kappa shape index (κ2) is 8.51. The number of hydrogen-bond acceptors (Lipinski definition) is 4. The van der Waals surface area contributed by atoms with Crippen LogP contribution in [-0.4, -0.2) is 34.3 Å². The van der Waals surface area contributed by atoms with E-state index in [4.69, 9.17) is 0 Å². The number of carbonyl (C=O) groups is 1. The van der Waals surface area contributed by atoms with Crippen molar-refractivity contribution in [1.82, 2.24) is 25.4 Å². The molecule has 0 radical (unpaired) electrons. The third kappa shape index (κ3) is 4.54. The molecule has 1 amide bonds. The highest BCUT2D eigenvalue weighted by Crippen LogP contribution is 2.15. The van der Waals surface area contributed by atoms with Crippen LogP contribution in [0.2, 0.25) is 0 Å². The smallest absolute Gasteiger partial charge is 0.224 e. The van der Waals surface area contributed by atoms with Crippen molar-refractivity contribution in [3.63, 3.8) is 0 Å². The molecule has 2 rings (SSSR count). The van der Waals surface area contributed by atoms with Gasteiger partial charge in [0.05, 0.1) is 11.7 Å². The summed E-state index contributed by atoms with van der Waals surface area (Å²) in [5.41, 5.74) is 2.00. The number of amides is 1. The van der Waals surface area contributed by atoms with E-state index in [9.17, 15) is 4.79 Å². The molecule has 0 fully saturated rings. The molecule has 22 heavy (non-hydrogen) atoms. The van der Waals surface area contributed by atoms with E-state index < -0.39 is 0 Å². The van der Waals surface area contributed by atoms with Gasteiger partial charge in [0.15, 0.2) is 0 Å². The van der Waals surface area contributed by atoms with Gasteiger partial charge in [0.1, 0.15) is 12.7 Å². The Bertz CT molecular complexity index is 570. The number of benzene rings is 1. The zero-order valence-corrected chi connectivity index (χ0v) is 13.8. The highest BCUT2D eigenvalue weighted by molar-refractivity contribution is 5.85. The van der Waals surface area contributed by atoms with Gasteiger partial charge in [-0.1, -0.05) is 19.1 Å². The molecule has 1 heterocycles. The summed E-state index contributed by atoms with van der Waals surface area (Å²) in [7, 11) is 1.84. The third-order valence-corrected chi connectivity index (χ3v) is 3.39. The molecule has 0 aliphatic rings. The van der Waals surface area contributed by atoms with Gasteiger partial charge in [-0.25, -0.2) is 9.67 Å². The van der Waals surface area contributed by atoms with Crippen molar-refractivity contribution < 1.29 is 4.79 Å². The maximum atomic E-state index is 12.0. The minimum atomic E-state index is -0.0492. The third-order valence-electron chi connectivity index (χ3n) is 3.39. The molecule has 1 aromatic heterocycles. The lowest BCUT2D eigenvalue weighted by atomic mass is 10.1. The molecule has 0 spiro atoms. The molecule has 2 aromatic rings. The molecule has 120 valence electrons. The standard InChI is InChI=1S/C15H21N5O.ClH/c1-11(8-16-3)15(21)19-12(2)13-4-6-14(7-5-13)20-10-17-9-18-20;/h4-7,9-12,16H,8H2,1-3H3,(H,19,21);1H. The maximum Gasteiger partial charge on any atom is 0.224 e. The number of carbonyl (C=O) groups excluding carboxylic acids is 1. The van der Waals surface area contributed by atoms with E-state index in [2.05, 4.69) is 20.7 Å². The fourth-order valence-corrected chi connectivity index (χ4v) is 2.10. The highest BCUT2D eigenvalue weighted by atomic mass is 35.5. The summed E-state index contributed by atoms with van der Waals surface area (Å²) in [6.45, 7) is 4.56. The van der Waals surface area contributed by atoms with Gasteiger partial charge < -0.3 is 10.6 Å². The molecule has 2 atom stereocenters. The Labute approximate surface area is 136 Å². The van der Waals surface area contributed by atoms with Gasteiger partial charge in [0.25, 0.3) is 0 Å². The Morgan fingerprint density at radius 3 is 2.50 bits per heavy atom. The van der Waals surface area contributed by atoms with E-state index in [1.165, 1.54) is 6.33 Å². The van der Waals surface area contributed by atoms with E-state index in [1.807, 2.05) is 45.2 Å². The van der Waals surface area contributed by atoms with Gasteiger partial charge in [-0.15, -0.1) is 12.4 Å². The Morgan fingerprint density at radius 1 is 1.27 bits per heavy atom. The number of nitrogens with zero attached hydrogens (tertiary/aromatic N) is 3. The van der Waals surface area contributed by atoms with E-state index in [1.54, 1.807) is 11.0 Å². The molecule has 2 unspecified atom stereocenters. The van der Waals surface area contributed by atoms with Gasteiger partial charge in [-0.05, 0) is 31.7 Å². The lowest BCUT2D eigenvalue weighted by Gasteiger charge is -2.18. The molecule has 0 aliphatic heterocycles. The van der Waals surface area contributed by atoms with Gasteiger partial charge in [-0.2, -0.15) is 5.10 Å². The number of nitrogens with one attached hydrogen (secondary N) is 2. The molecular formula is C15H22ClN5O. The first-order chi connectivity index (χ1) is 10.1. The first-order valence-corrected chi connectivity index (χ1v) is 7.01. The van der Waals surface area contributed by atoms with Crippen LogP contribution in [0.15, 0.2) is 36.9 Å². The topological polar surface area (TPSA) is 71.8 Å². The highest BCUT2D eigenvalue weighted by Gasteiger charge is 2.15. The van der Waals surface area contributed by atoms with E-state index in [-0.39, 0.29) is 30.3 Å². The van der Waals surface area contributed by atoms with E-state index >= 15 is 0 Å². The average molecular weight is 324 g/mol. The summed E-state index contributed by atoms with van der Waals surface area (Å²) in [4.78, 5) is 15.9. The van der Waals surface area contributed by atoms with E-state index in [0.29, 0.717) is 6.54 Å². The second-order valence-corrected chi connectivity index (χ2v) is 5.12. The Kier molecular flexibility index (Phi) is 7.01. The van der Waals surface area contributed by atoms with Crippen LogP contribution >= 0.6 is 12.4 Å². The van der Waals surface area contributed by atoms with E-state index in [0.717, 1.165) is 11.3 Å². The first-order valence-electron chi connectivity index (χ1n) is 7.01. The van der Waals surface area contributed by atoms with Crippen molar-refractivity contribution in [2.45, 2.75) is 19.9 Å². The van der Waals surface area contributed by atoms with Crippen LogP contribution in [0, 0.1) is 5.92 Å². The van der Waals surface area contributed by atoms with Gasteiger partial charge in [0, 0.05) is 12.5 Å². The summed E-state index contributed by atoms with van der Waals surface area (Å²) in [6, 6.07) is 7.88. The summed E-state index contributed by atoms with van der Waals surface area (Å²) in [5.74, 6) is 0.00377. The summed E-state index contributed by atoms with van der Waals surface area (Å²) in [6.07, 6.45) is 3.15. The van der Waals surface area contributed by atoms with Crippen LogP contribution in [0.25, 0.3) is 5.69 Å². The Balaban J connectivity index is 0.00000242.